The molecule has 0 amide bonds. The summed E-state index contributed by atoms with van der Waals surface area (Å²) in [6.45, 7) is 0.189. The molecule has 5 heteroatoms. The highest BCUT2D eigenvalue weighted by Crippen LogP contribution is 2.52. The number of thiophene rings is 2. The van der Waals surface area contributed by atoms with Crippen molar-refractivity contribution in [2.45, 2.75) is 76.0 Å². The van der Waals surface area contributed by atoms with Gasteiger partial charge in [-0.05, 0) is 90.5 Å². The van der Waals surface area contributed by atoms with Gasteiger partial charge in [0.05, 0.1) is 11.4 Å². The number of rotatable bonds is 4. The van der Waals surface area contributed by atoms with Crippen LogP contribution in [-0.4, -0.2) is 6.71 Å². The van der Waals surface area contributed by atoms with Crippen molar-refractivity contribution in [3.8, 4) is 0 Å². The van der Waals surface area contributed by atoms with Crippen LogP contribution in [0.15, 0.2) is 115 Å². The second-order valence-corrected chi connectivity index (χ2v) is 17.3. The molecule has 0 N–H and O–H groups in total. The number of para-hydroxylation sites is 2. The van der Waals surface area contributed by atoms with Crippen LogP contribution in [0.5, 0.6) is 0 Å². The fraction of sp³-hybridized carbons (Fsp3) is 0.261. The summed E-state index contributed by atoms with van der Waals surface area (Å²) in [4.78, 5) is 5.23. The maximum Gasteiger partial charge on any atom is 0.277 e. The maximum atomic E-state index is 2.61. The zero-order valence-corrected chi connectivity index (χ0v) is 30.6. The zero-order chi connectivity index (χ0) is 33.5. The number of benzene rings is 5. The molecular weight excluding hydrogens is 655 g/mol. The molecule has 250 valence electrons. The lowest BCUT2D eigenvalue weighted by Crippen LogP contribution is -2.59. The molecule has 0 bridgehead atoms. The lowest BCUT2D eigenvalue weighted by molar-refractivity contribution is 0.446. The Morgan fingerprint density at radius 2 is 0.882 bits per heavy atom. The molecule has 2 aliphatic heterocycles. The second kappa shape index (κ2) is 12.1. The van der Waals surface area contributed by atoms with E-state index in [1.807, 2.05) is 0 Å². The Morgan fingerprint density at radius 1 is 0.451 bits per heavy atom. The van der Waals surface area contributed by atoms with Gasteiger partial charge in [0.1, 0.15) is 0 Å². The zero-order valence-electron chi connectivity index (χ0n) is 29.0. The van der Waals surface area contributed by atoms with Crippen molar-refractivity contribution >= 4 is 98.7 Å². The number of nitrogens with zero attached hydrogens (tertiary/aromatic N) is 2. The summed E-state index contributed by atoms with van der Waals surface area (Å²) in [5.41, 5.74) is 12.5. The van der Waals surface area contributed by atoms with Crippen LogP contribution in [-0.2, 0) is 0 Å². The fourth-order valence-corrected chi connectivity index (χ4v) is 13.2. The molecule has 5 aromatic carbocycles. The minimum absolute atomic E-state index is 0.189. The summed E-state index contributed by atoms with van der Waals surface area (Å²) in [6.07, 6.45) is 13.4. The summed E-state index contributed by atoms with van der Waals surface area (Å²) < 4.78 is 6.05. The Morgan fingerprint density at radius 3 is 1.33 bits per heavy atom. The van der Waals surface area contributed by atoms with Crippen LogP contribution in [0, 0.1) is 0 Å². The van der Waals surface area contributed by atoms with Gasteiger partial charge in [-0.3, -0.25) is 0 Å². The van der Waals surface area contributed by atoms with E-state index in [9.17, 15) is 0 Å². The van der Waals surface area contributed by atoms with E-state index in [1.165, 1.54) is 134 Å². The van der Waals surface area contributed by atoms with E-state index in [0.29, 0.717) is 11.8 Å². The molecule has 2 aromatic heterocycles. The average molecular weight is 697 g/mol. The first-order chi connectivity index (χ1) is 25.3. The van der Waals surface area contributed by atoms with Crippen LogP contribution >= 0.6 is 22.7 Å². The van der Waals surface area contributed by atoms with Crippen molar-refractivity contribution in [2.75, 3.05) is 9.80 Å². The molecule has 0 spiro atoms. The second-order valence-electron chi connectivity index (χ2n) is 15.2. The van der Waals surface area contributed by atoms with Crippen LogP contribution in [0.1, 0.15) is 87.2 Å². The highest BCUT2D eigenvalue weighted by atomic mass is 32.1. The quantitative estimate of drug-likeness (QED) is 0.169. The highest BCUT2D eigenvalue weighted by Gasteiger charge is 2.47. The Bertz CT molecular complexity index is 2250. The summed E-state index contributed by atoms with van der Waals surface area (Å²) in [5, 5.41) is 2.85. The Balaban J connectivity index is 1.24. The van der Waals surface area contributed by atoms with Gasteiger partial charge in [-0.1, -0.05) is 117 Å². The van der Waals surface area contributed by atoms with Crippen LogP contribution < -0.4 is 24.8 Å². The van der Waals surface area contributed by atoms with Crippen molar-refractivity contribution in [3.05, 3.63) is 126 Å². The van der Waals surface area contributed by atoms with Gasteiger partial charge in [0.2, 0.25) is 0 Å². The van der Waals surface area contributed by atoms with Gasteiger partial charge >= 0.3 is 0 Å². The van der Waals surface area contributed by atoms with Crippen LogP contribution in [0.4, 0.5) is 34.1 Å². The van der Waals surface area contributed by atoms with Crippen molar-refractivity contribution in [1.82, 2.24) is 0 Å². The largest absolute Gasteiger partial charge is 0.310 e. The van der Waals surface area contributed by atoms with E-state index in [0.717, 1.165) is 0 Å². The number of anilines is 6. The summed E-state index contributed by atoms with van der Waals surface area (Å²) in [5.74, 6) is 1.31. The standard InChI is InChI=1S/C46H41BN2S2/c1-5-16-30(17-6-1)34-24-13-26-36-41-45(50-43(34)36)47-40-38(48(41)32-20-9-3-10-21-32)28-15-29-39(40)49(33-22-11-4-12-23-33)42-37-27-14-25-35(44(37)51-46(42)47)31-18-7-2-8-19-31/h3-4,9-15,20-31H,1-2,5-8,16-19H2. The van der Waals surface area contributed by atoms with E-state index >= 15 is 0 Å². The van der Waals surface area contributed by atoms with Crippen molar-refractivity contribution in [2.24, 2.45) is 0 Å². The van der Waals surface area contributed by atoms with Crippen LogP contribution in [0.3, 0.4) is 0 Å². The molecule has 0 radical (unpaired) electrons. The van der Waals surface area contributed by atoms with Gasteiger partial charge in [-0.25, -0.2) is 0 Å². The van der Waals surface area contributed by atoms with E-state index in [1.54, 1.807) is 11.1 Å². The van der Waals surface area contributed by atoms with Gasteiger partial charge in [0, 0.05) is 52.5 Å². The predicted molar refractivity (Wildman–Crippen MR) is 223 cm³/mol. The average Bonchev–Trinajstić information content (AvgIpc) is 3.78. The summed E-state index contributed by atoms with van der Waals surface area (Å²) in [6, 6.07) is 43.9. The van der Waals surface area contributed by atoms with E-state index in [4.69, 9.17) is 0 Å². The van der Waals surface area contributed by atoms with Crippen LogP contribution in [0.2, 0.25) is 0 Å². The molecule has 11 rings (SSSR count). The molecule has 4 aliphatic rings. The SMILES string of the molecule is c1ccc(N2c3cccc4c3B(c3sc5c(C6CCCCC6)cccc5c32)c2sc3c(C5CCCCC5)cccc3c2N4c2ccccc2)cc1. The third-order valence-electron chi connectivity index (χ3n) is 12.4. The molecule has 2 fully saturated rings. The smallest absolute Gasteiger partial charge is 0.277 e. The van der Waals surface area contributed by atoms with E-state index in [2.05, 4.69) is 148 Å². The van der Waals surface area contributed by atoms with Gasteiger partial charge in [-0.2, -0.15) is 0 Å². The van der Waals surface area contributed by atoms with Gasteiger partial charge in [0.25, 0.3) is 6.71 Å². The summed E-state index contributed by atoms with van der Waals surface area (Å²) in [7, 11) is 0. The fourth-order valence-electron chi connectivity index (χ4n) is 10.2. The third-order valence-corrected chi connectivity index (χ3v) is 15.0. The highest BCUT2D eigenvalue weighted by molar-refractivity contribution is 7.41. The maximum absolute atomic E-state index is 2.61. The van der Waals surface area contributed by atoms with E-state index in [-0.39, 0.29) is 6.71 Å². The van der Waals surface area contributed by atoms with Gasteiger partial charge in [0.15, 0.2) is 0 Å². The first-order valence-corrected chi connectivity index (χ1v) is 20.9. The Kier molecular flexibility index (Phi) is 7.22. The van der Waals surface area contributed by atoms with E-state index < -0.39 is 0 Å². The molecule has 0 saturated heterocycles. The van der Waals surface area contributed by atoms with Gasteiger partial charge in [-0.15, -0.1) is 22.7 Å². The lowest BCUT2D eigenvalue weighted by atomic mass is 9.39. The molecule has 2 aliphatic carbocycles. The molecule has 51 heavy (non-hydrogen) atoms. The molecule has 0 unspecified atom stereocenters. The molecule has 7 aromatic rings. The van der Waals surface area contributed by atoms with Crippen molar-refractivity contribution < 1.29 is 0 Å². The first-order valence-electron chi connectivity index (χ1n) is 19.3. The number of fused-ring (bicyclic) bond motifs is 8. The topological polar surface area (TPSA) is 6.48 Å². The lowest BCUT2D eigenvalue weighted by Gasteiger charge is -2.42. The number of hydrogen-bond acceptors (Lipinski definition) is 4. The molecule has 2 nitrogen and oxygen atoms in total. The van der Waals surface area contributed by atoms with Crippen LogP contribution in [0.25, 0.3) is 20.2 Å². The molecular formula is C46H41BN2S2. The first kappa shape index (κ1) is 30.3. The molecule has 2 saturated carbocycles. The minimum atomic E-state index is 0.189. The monoisotopic (exact) mass is 696 g/mol. The molecule has 4 heterocycles. The van der Waals surface area contributed by atoms with Gasteiger partial charge < -0.3 is 9.80 Å². The molecule has 0 atom stereocenters. The number of hydrogen-bond donors (Lipinski definition) is 0. The predicted octanol–water partition coefficient (Wildman–Crippen LogP) is 12.3. The Hall–Kier alpha value is -4.32. The Labute approximate surface area is 309 Å². The summed E-state index contributed by atoms with van der Waals surface area (Å²) >= 11 is 4.21. The van der Waals surface area contributed by atoms with Crippen molar-refractivity contribution in [3.63, 3.8) is 0 Å². The third kappa shape index (κ3) is 4.60. The van der Waals surface area contributed by atoms with Crippen molar-refractivity contribution in [1.29, 1.82) is 0 Å². The normalized spacial score (nSPS) is 17.5. The minimum Gasteiger partial charge on any atom is -0.310 e.